The van der Waals surface area contributed by atoms with Gasteiger partial charge < -0.3 is 15.8 Å². The van der Waals surface area contributed by atoms with Crippen molar-refractivity contribution in [3.8, 4) is 0 Å². The van der Waals surface area contributed by atoms with Crippen molar-refractivity contribution in [1.29, 1.82) is 0 Å². The molecule has 1 aliphatic rings. The Morgan fingerprint density at radius 2 is 2.41 bits per heavy atom. The Bertz CT molecular complexity index is 546. The van der Waals surface area contributed by atoms with E-state index >= 15 is 0 Å². The summed E-state index contributed by atoms with van der Waals surface area (Å²) in [4.78, 5) is 4.56. The number of nitrogens with two attached hydrogens (primary N) is 1. The third-order valence-electron chi connectivity index (χ3n) is 3.04. The van der Waals surface area contributed by atoms with Gasteiger partial charge in [-0.1, -0.05) is 11.3 Å². The zero-order valence-corrected chi connectivity index (χ0v) is 10.5. The first-order valence-electron chi connectivity index (χ1n) is 5.67. The Morgan fingerprint density at radius 3 is 3.18 bits per heavy atom. The summed E-state index contributed by atoms with van der Waals surface area (Å²) in [5, 5.41) is 4.41. The Kier molecular flexibility index (Phi) is 2.45. The average molecular weight is 249 g/mol. The highest BCUT2D eigenvalue weighted by molar-refractivity contribution is 7.22. The van der Waals surface area contributed by atoms with E-state index in [1.807, 2.05) is 18.2 Å². The molecule has 0 saturated carbocycles. The summed E-state index contributed by atoms with van der Waals surface area (Å²) in [6.45, 7) is 3.73. The zero-order valence-electron chi connectivity index (χ0n) is 9.69. The smallest absolute Gasteiger partial charge is 0.184 e. The van der Waals surface area contributed by atoms with Gasteiger partial charge in [-0.15, -0.1) is 0 Å². The number of nitrogens with zero attached hydrogens (tertiary/aromatic N) is 1. The first-order valence-corrected chi connectivity index (χ1v) is 6.48. The van der Waals surface area contributed by atoms with Crippen molar-refractivity contribution in [2.75, 3.05) is 24.3 Å². The van der Waals surface area contributed by atoms with Crippen LogP contribution >= 0.6 is 11.3 Å². The Labute approximate surface area is 104 Å². The van der Waals surface area contributed by atoms with Gasteiger partial charge in [0.1, 0.15) is 0 Å². The number of hydrogen-bond donors (Lipinski definition) is 2. The Morgan fingerprint density at radius 1 is 1.53 bits per heavy atom. The van der Waals surface area contributed by atoms with Crippen molar-refractivity contribution in [3.05, 3.63) is 18.2 Å². The van der Waals surface area contributed by atoms with Gasteiger partial charge >= 0.3 is 0 Å². The average Bonchev–Trinajstić information content (AvgIpc) is 2.84. The Balaban J connectivity index is 1.90. The molecule has 0 aliphatic carbocycles. The fourth-order valence-corrected chi connectivity index (χ4v) is 3.08. The van der Waals surface area contributed by atoms with Gasteiger partial charge in [0.25, 0.3) is 0 Å². The van der Waals surface area contributed by atoms with Crippen molar-refractivity contribution in [3.63, 3.8) is 0 Å². The fraction of sp³-hybridized carbons (Fsp3) is 0.417. The predicted octanol–water partition coefficient (Wildman–Crippen LogP) is 2.47. The normalized spacial score (nSPS) is 24.3. The van der Waals surface area contributed by atoms with Crippen LogP contribution in [0.15, 0.2) is 18.2 Å². The monoisotopic (exact) mass is 249 g/mol. The van der Waals surface area contributed by atoms with Gasteiger partial charge in [0.15, 0.2) is 5.13 Å². The molecule has 0 amide bonds. The molecule has 0 spiro atoms. The van der Waals surface area contributed by atoms with E-state index in [0.717, 1.165) is 40.7 Å². The standard InChI is InChI=1S/C12H15N3OS/c1-12(4-5-16-7-12)15-11-14-9-3-2-8(13)6-10(9)17-11/h2-3,6H,4-5,7,13H2,1H3,(H,14,15). The lowest BCUT2D eigenvalue weighted by Crippen LogP contribution is -2.34. The van der Waals surface area contributed by atoms with E-state index < -0.39 is 0 Å². The minimum absolute atomic E-state index is 0.0133. The molecule has 1 atom stereocenters. The first kappa shape index (κ1) is 10.8. The van der Waals surface area contributed by atoms with Gasteiger partial charge in [0.05, 0.1) is 22.4 Å². The lowest BCUT2D eigenvalue weighted by molar-refractivity contribution is 0.185. The van der Waals surface area contributed by atoms with Crippen LogP contribution in [0.5, 0.6) is 0 Å². The molecule has 1 saturated heterocycles. The van der Waals surface area contributed by atoms with E-state index in [1.165, 1.54) is 0 Å². The summed E-state index contributed by atoms with van der Waals surface area (Å²) < 4.78 is 6.54. The fourth-order valence-electron chi connectivity index (χ4n) is 2.02. The van der Waals surface area contributed by atoms with Gasteiger partial charge in [-0.3, -0.25) is 0 Å². The molecular formula is C12H15N3OS. The van der Waals surface area contributed by atoms with Crippen LogP contribution in [-0.4, -0.2) is 23.7 Å². The SMILES string of the molecule is CC1(Nc2nc3ccc(N)cc3s2)CCOC1. The van der Waals surface area contributed by atoms with Crippen LogP contribution in [-0.2, 0) is 4.74 Å². The van der Waals surface area contributed by atoms with Gasteiger partial charge in [-0.25, -0.2) is 4.98 Å². The minimum Gasteiger partial charge on any atom is -0.399 e. The van der Waals surface area contributed by atoms with Crippen LogP contribution in [0.1, 0.15) is 13.3 Å². The molecule has 1 aromatic carbocycles. The van der Waals surface area contributed by atoms with E-state index in [1.54, 1.807) is 11.3 Å². The molecule has 4 nitrogen and oxygen atoms in total. The van der Waals surface area contributed by atoms with Crippen LogP contribution < -0.4 is 11.1 Å². The zero-order chi connectivity index (χ0) is 11.9. The van der Waals surface area contributed by atoms with E-state index in [9.17, 15) is 0 Å². The molecule has 1 unspecified atom stereocenters. The molecule has 1 aromatic heterocycles. The summed E-state index contributed by atoms with van der Waals surface area (Å²) in [5.74, 6) is 0. The number of aromatic nitrogens is 1. The van der Waals surface area contributed by atoms with Crippen molar-refractivity contribution >= 4 is 32.4 Å². The third kappa shape index (κ3) is 2.08. The highest BCUT2D eigenvalue weighted by Gasteiger charge is 2.30. The van der Waals surface area contributed by atoms with E-state index in [4.69, 9.17) is 10.5 Å². The second-order valence-electron chi connectivity index (χ2n) is 4.73. The largest absolute Gasteiger partial charge is 0.399 e. The van der Waals surface area contributed by atoms with Crippen LogP contribution in [0.4, 0.5) is 10.8 Å². The van der Waals surface area contributed by atoms with Crippen molar-refractivity contribution in [2.45, 2.75) is 18.9 Å². The van der Waals surface area contributed by atoms with Crippen molar-refractivity contribution < 1.29 is 4.74 Å². The van der Waals surface area contributed by atoms with Gasteiger partial charge in [-0.05, 0) is 31.5 Å². The minimum atomic E-state index is 0.0133. The molecule has 17 heavy (non-hydrogen) atoms. The predicted molar refractivity (Wildman–Crippen MR) is 71.5 cm³/mol. The molecule has 2 heterocycles. The number of thiazole rings is 1. The summed E-state index contributed by atoms with van der Waals surface area (Å²) in [6, 6.07) is 5.80. The maximum absolute atomic E-state index is 5.76. The molecule has 0 bridgehead atoms. The molecule has 1 aliphatic heterocycles. The lowest BCUT2D eigenvalue weighted by Gasteiger charge is -2.22. The van der Waals surface area contributed by atoms with Crippen LogP contribution in [0.3, 0.4) is 0 Å². The molecular weight excluding hydrogens is 234 g/mol. The summed E-state index contributed by atoms with van der Waals surface area (Å²) >= 11 is 1.64. The van der Waals surface area contributed by atoms with Crippen LogP contribution in [0, 0.1) is 0 Å². The molecule has 1 fully saturated rings. The van der Waals surface area contributed by atoms with Crippen molar-refractivity contribution in [1.82, 2.24) is 4.98 Å². The lowest BCUT2D eigenvalue weighted by atomic mass is 10.0. The quantitative estimate of drug-likeness (QED) is 0.803. The van der Waals surface area contributed by atoms with Crippen molar-refractivity contribution in [2.24, 2.45) is 0 Å². The summed E-state index contributed by atoms with van der Waals surface area (Å²) in [6.07, 6.45) is 1.02. The highest BCUT2D eigenvalue weighted by Crippen LogP contribution is 2.31. The molecule has 3 rings (SSSR count). The Hall–Kier alpha value is -1.33. The molecule has 3 N–H and O–H groups in total. The number of benzene rings is 1. The number of anilines is 2. The number of hydrogen-bond acceptors (Lipinski definition) is 5. The van der Waals surface area contributed by atoms with Crippen LogP contribution in [0.25, 0.3) is 10.2 Å². The number of ether oxygens (including phenoxy) is 1. The number of nitrogens with one attached hydrogen (secondary N) is 1. The second kappa shape index (κ2) is 3.85. The van der Waals surface area contributed by atoms with E-state index in [2.05, 4.69) is 17.2 Å². The highest BCUT2D eigenvalue weighted by atomic mass is 32.1. The van der Waals surface area contributed by atoms with Gasteiger partial charge in [-0.2, -0.15) is 0 Å². The molecule has 90 valence electrons. The summed E-state index contributed by atoms with van der Waals surface area (Å²) in [7, 11) is 0. The maximum atomic E-state index is 5.76. The van der Waals surface area contributed by atoms with Crippen LogP contribution in [0.2, 0.25) is 0 Å². The van der Waals surface area contributed by atoms with E-state index in [-0.39, 0.29) is 5.54 Å². The maximum Gasteiger partial charge on any atom is 0.184 e. The molecule has 5 heteroatoms. The van der Waals surface area contributed by atoms with Gasteiger partial charge in [0, 0.05) is 12.3 Å². The van der Waals surface area contributed by atoms with E-state index in [0.29, 0.717) is 0 Å². The number of rotatable bonds is 2. The molecule has 0 radical (unpaired) electrons. The summed E-state index contributed by atoms with van der Waals surface area (Å²) in [5.41, 5.74) is 7.55. The third-order valence-corrected chi connectivity index (χ3v) is 3.97. The number of fused-ring (bicyclic) bond motifs is 1. The first-order chi connectivity index (χ1) is 8.15. The molecule has 2 aromatic rings. The number of nitrogen functional groups attached to an aromatic ring is 1. The second-order valence-corrected chi connectivity index (χ2v) is 5.77. The topological polar surface area (TPSA) is 60.2 Å². The van der Waals surface area contributed by atoms with Gasteiger partial charge in [0.2, 0.25) is 0 Å².